The van der Waals surface area contributed by atoms with E-state index >= 15 is 0 Å². The molecular weight excluding hydrogens is 444 g/mol. The van der Waals surface area contributed by atoms with Crippen molar-refractivity contribution in [1.82, 2.24) is 9.88 Å². The lowest BCUT2D eigenvalue weighted by atomic mass is 9.94. The van der Waals surface area contributed by atoms with Crippen LogP contribution in [0.15, 0.2) is 29.5 Å². The lowest BCUT2D eigenvalue weighted by molar-refractivity contribution is -0.131. The summed E-state index contributed by atoms with van der Waals surface area (Å²) in [5, 5.41) is 11.6. The molecule has 1 aromatic heterocycles. The number of ether oxygens (including phenoxy) is 3. The van der Waals surface area contributed by atoms with Gasteiger partial charge in [-0.05, 0) is 51.3 Å². The van der Waals surface area contributed by atoms with Gasteiger partial charge in [-0.15, -0.1) is 11.3 Å². The minimum atomic E-state index is -0.777. The highest BCUT2D eigenvalue weighted by Gasteiger charge is 2.45. The number of carbonyl (C=O) groups is 2. The zero-order valence-electron chi connectivity index (χ0n) is 19.2. The van der Waals surface area contributed by atoms with Gasteiger partial charge in [-0.25, -0.2) is 4.98 Å². The molecular formula is C24H28N2O6S. The van der Waals surface area contributed by atoms with Crippen molar-refractivity contribution in [3.8, 4) is 11.5 Å². The topological polar surface area (TPSA) is 98.2 Å². The smallest absolute Gasteiger partial charge is 0.290 e. The van der Waals surface area contributed by atoms with E-state index in [1.165, 1.54) is 23.3 Å². The van der Waals surface area contributed by atoms with Crippen LogP contribution in [0.25, 0.3) is 0 Å². The Morgan fingerprint density at radius 1 is 1.33 bits per heavy atom. The second kappa shape index (κ2) is 9.52. The van der Waals surface area contributed by atoms with E-state index in [0.29, 0.717) is 40.8 Å². The van der Waals surface area contributed by atoms with Gasteiger partial charge in [0.05, 0.1) is 47.0 Å². The summed E-state index contributed by atoms with van der Waals surface area (Å²) in [6, 6.07) is 4.53. The van der Waals surface area contributed by atoms with Crippen LogP contribution in [0.4, 0.5) is 0 Å². The molecule has 4 rings (SSSR count). The van der Waals surface area contributed by atoms with E-state index in [1.54, 1.807) is 25.1 Å². The number of hydrogen-bond acceptors (Lipinski definition) is 8. The van der Waals surface area contributed by atoms with Crippen molar-refractivity contribution in [2.45, 2.75) is 45.8 Å². The minimum absolute atomic E-state index is 0.0518. The first kappa shape index (κ1) is 23.3. The number of hydrogen-bond donors (Lipinski definition) is 1. The Hall–Kier alpha value is -2.91. The second-order valence-electron chi connectivity index (χ2n) is 8.08. The number of rotatable bonds is 8. The number of aliphatic hydroxyl groups is 1. The Morgan fingerprint density at radius 3 is 2.73 bits per heavy atom. The highest BCUT2D eigenvalue weighted by Crippen LogP contribution is 2.43. The Balaban J connectivity index is 1.80. The molecule has 176 valence electrons. The van der Waals surface area contributed by atoms with Gasteiger partial charge in [-0.3, -0.25) is 9.59 Å². The normalized spacial score (nSPS) is 20.6. The van der Waals surface area contributed by atoms with Crippen LogP contribution in [0.1, 0.15) is 51.7 Å². The van der Waals surface area contributed by atoms with Gasteiger partial charge in [0.1, 0.15) is 0 Å². The van der Waals surface area contributed by atoms with Gasteiger partial charge in [0.25, 0.3) is 5.91 Å². The van der Waals surface area contributed by atoms with Gasteiger partial charge < -0.3 is 24.2 Å². The zero-order chi connectivity index (χ0) is 23.7. The number of methoxy groups -OCH3 is 1. The maximum absolute atomic E-state index is 13.6. The number of thiazole rings is 1. The predicted molar refractivity (Wildman–Crippen MR) is 123 cm³/mol. The van der Waals surface area contributed by atoms with E-state index in [0.717, 1.165) is 17.8 Å². The fourth-order valence-corrected chi connectivity index (χ4v) is 5.30. The molecule has 1 aromatic carbocycles. The first-order valence-corrected chi connectivity index (χ1v) is 11.8. The summed E-state index contributed by atoms with van der Waals surface area (Å²) in [5.74, 6) is -0.445. The summed E-state index contributed by atoms with van der Waals surface area (Å²) in [4.78, 5) is 33.1. The molecule has 2 aliphatic rings. The fourth-order valence-electron chi connectivity index (χ4n) is 4.42. The van der Waals surface area contributed by atoms with Crippen molar-refractivity contribution in [2.24, 2.45) is 0 Å². The number of nitrogens with zero attached hydrogens (tertiary/aromatic N) is 2. The van der Waals surface area contributed by atoms with Gasteiger partial charge in [-0.1, -0.05) is 6.07 Å². The van der Waals surface area contributed by atoms with Crippen LogP contribution in [0.2, 0.25) is 0 Å². The number of amides is 1. The molecule has 2 unspecified atom stereocenters. The van der Waals surface area contributed by atoms with Crippen LogP contribution in [0.3, 0.4) is 0 Å². The molecule has 8 nitrogen and oxygen atoms in total. The Bertz CT molecular complexity index is 1100. The highest BCUT2D eigenvalue weighted by molar-refractivity contribution is 7.14. The number of carbonyl (C=O) groups excluding carboxylic acids is 2. The molecule has 1 N–H and O–H groups in total. The summed E-state index contributed by atoms with van der Waals surface area (Å²) in [5.41, 5.74) is 1.28. The number of aryl methyl sites for hydroxylation is 2. The van der Waals surface area contributed by atoms with Crippen LogP contribution < -0.4 is 9.47 Å². The minimum Gasteiger partial charge on any atom is -0.503 e. The molecule has 2 aromatic rings. The highest BCUT2D eigenvalue weighted by atomic mass is 32.1. The van der Waals surface area contributed by atoms with Gasteiger partial charge in [0.15, 0.2) is 17.3 Å². The lowest BCUT2D eigenvalue weighted by Crippen LogP contribution is -2.37. The van der Waals surface area contributed by atoms with E-state index in [1.807, 2.05) is 13.8 Å². The maximum Gasteiger partial charge on any atom is 0.290 e. The van der Waals surface area contributed by atoms with Gasteiger partial charge in [-0.2, -0.15) is 0 Å². The summed E-state index contributed by atoms with van der Waals surface area (Å²) in [7, 11) is 1.54. The first-order valence-electron chi connectivity index (χ1n) is 11.0. The van der Waals surface area contributed by atoms with Crippen LogP contribution >= 0.6 is 11.3 Å². The summed E-state index contributed by atoms with van der Waals surface area (Å²) in [6.07, 6.45) is 1.59. The Kier molecular flexibility index (Phi) is 6.71. The molecule has 3 heterocycles. The van der Waals surface area contributed by atoms with Crippen molar-refractivity contribution in [2.75, 3.05) is 26.9 Å². The van der Waals surface area contributed by atoms with Crippen LogP contribution in [0, 0.1) is 13.8 Å². The average Bonchev–Trinajstić information content (AvgIpc) is 3.49. The average molecular weight is 473 g/mol. The molecule has 0 aliphatic carbocycles. The molecule has 0 radical (unpaired) electrons. The third kappa shape index (κ3) is 4.35. The van der Waals surface area contributed by atoms with Gasteiger partial charge in [0.2, 0.25) is 5.78 Å². The standard InChI is InChI=1S/C24H28N2O6S/c1-5-31-17-9-8-15(11-18(17)30-4)20-19(21(27)23-13(2)25-14(3)33-23)22(28)24(29)26(20)12-16-7-6-10-32-16/h8-9,11,16,20,28H,5-7,10,12H2,1-4H3. The Labute approximate surface area is 196 Å². The van der Waals surface area contributed by atoms with E-state index in [-0.39, 0.29) is 18.2 Å². The number of ketones is 1. The van der Waals surface area contributed by atoms with Crippen molar-refractivity contribution < 1.29 is 28.9 Å². The number of benzene rings is 1. The largest absolute Gasteiger partial charge is 0.503 e. The van der Waals surface area contributed by atoms with Crippen molar-refractivity contribution in [3.05, 3.63) is 50.7 Å². The number of aromatic nitrogens is 1. The van der Waals surface area contributed by atoms with Gasteiger partial charge in [0, 0.05) is 13.2 Å². The molecule has 2 atom stereocenters. The molecule has 1 fully saturated rings. The maximum atomic E-state index is 13.6. The summed E-state index contributed by atoms with van der Waals surface area (Å²) >= 11 is 1.26. The van der Waals surface area contributed by atoms with Crippen molar-refractivity contribution in [1.29, 1.82) is 0 Å². The van der Waals surface area contributed by atoms with Crippen LogP contribution in [-0.2, 0) is 9.53 Å². The molecule has 0 bridgehead atoms. The fraction of sp³-hybridized carbons (Fsp3) is 0.458. The molecule has 0 spiro atoms. The van der Waals surface area contributed by atoms with Crippen molar-refractivity contribution in [3.63, 3.8) is 0 Å². The van der Waals surface area contributed by atoms with E-state index in [2.05, 4.69) is 4.98 Å². The van der Waals surface area contributed by atoms with Gasteiger partial charge >= 0.3 is 0 Å². The monoisotopic (exact) mass is 472 g/mol. The summed E-state index contributed by atoms with van der Waals surface area (Å²) in [6.45, 7) is 6.84. The second-order valence-corrected chi connectivity index (χ2v) is 9.28. The number of aliphatic hydroxyl groups excluding tert-OH is 1. The number of Topliss-reactive ketones (excluding diaryl/α,β-unsaturated/α-hetero) is 1. The first-order chi connectivity index (χ1) is 15.8. The third-order valence-electron chi connectivity index (χ3n) is 5.89. The molecule has 9 heteroatoms. The quantitative estimate of drug-likeness (QED) is 0.582. The predicted octanol–water partition coefficient (Wildman–Crippen LogP) is 3.92. The van der Waals surface area contributed by atoms with Crippen LogP contribution in [0.5, 0.6) is 11.5 Å². The molecule has 1 amide bonds. The zero-order valence-corrected chi connectivity index (χ0v) is 20.0. The molecule has 33 heavy (non-hydrogen) atoms. The molecule has 1 saturated heterocycles. The Morgan fingerprint density at radius 2 is 2.12 bits per heavy atom. The van der Waals surface area contributed by atoms with Crippen LogP contribution in [-0.4, -0.2) is 59.7 Å². The third-order valence-corrected chi connectivity index (χ3v) is 6.96. The van der Waals surface area contributed by atoms with Crippen molar-refractivity contribution >= 4 is 23.0 Å². The van der Waals surface area contributed by atoms with E-state index in [9.17, 15) is 14.7 Å². The van der Waals surface area contributed by atoms with E-state index < -0.39 is 23.5 Å². The SMILES string of the molecule is CCOc1ccc(C2C(C(=O)c3sc(C)nc3C)=C(O)C(=O)N2CC2CCCO2)cc1OC. The summed E-state index contributed by atoms with van der Waals surface area (Å²) < 4.78 is 16.9. The molecule has 0 saturated carbocycles. The molecule has 2 aliphatic heterocycles. The van der Waals surface area contributed by atoms with E-state index in [4.69, 9.17) is 14.2 Å². The lowest BCUT2D eigenvalue weighted by Gasteiger charge is -2.29.